The zero-order chi connectivity index (χ0) is 18.9. The highest BCUT2D eigenvalue weighted by atomic mass is 19.3. The largest absolute Gasteiger partial charge is 0.490 e. The Morgan fingerprint density at radius 2 is 2.00 bits per heavy atom. The van der Waals surface area contributed by atoms with Crippen LogP contribution in [0.3, 0.4) is 0 Å². The summed E-state index contributed by atoms with van der Waals surface area (Å²) < 4.78 is 40.8. The molecule has 1 aromatic carbocycles. The molecule has 0 aliphatic rings. The van der Waals surface area contributed by atoms with Crippen LogP contribution in [-0.4, -0.2) is 45.5 Å². The predicted molar refractivity (Wildman–Crippen MR) is 93.5 cm³/mol. The number of rotatable bonds is 9. The van der Waals surface area contributed by atoms with Crippen LogP contribution in [0.1, 0.15) is 26.3 Å². The normalized spacial score (nSPS) is 12.2. The topological polar surface area (TPSA) is 64.1 Å². The third-order valence-electron chi connectivity index (χ3n) is 3.47. The van der Waals surface area contributed by atoms with Gasteiger partial charge in [-0.15, -0.1) is 0 Å². The van der Waals surface area contributed by atoms with Gasteiger partial charge < -0.3 is 24.8 Å². The number of hydrogen-bond acceptors (Lipinski definition) is 4. The smallest absolute Gasteiger partial charge is 0.387 e. The van der Waals surface area contributed by atoms with Crippen molar-refractivity contribution in [3.8, 4) is 11.5 Å². The van der Waals surface area contributed by atoms with Crippen LogP contribution in [0, 0.1) is 0 Å². The first-order chi connectivity index (χ1) is 11.8. The van der Waals surface area contributed by atoms with Gasteiger partial charge in [-0.1, -0.05) is 12.1 Å². The van der Waals surface area contributed by atoms with Crippen molar-refractivity contribution < 1.29 is 23.0 Å². The summed E-state index contributed by atoms with van der Waals surface area (Å²) in [5.41, 5.74) is 0.177. The van der Waals surface area contributed by atoms with Crippen LogP contribution in [0.4, 0.5) is 8.78 Å². The number of hydrogen-bond donors (Lipinski definition) is 2. The monoisotopic (exact) mass is 359 g/mol. The summed E-state index contributed by atoms with van der Waals surface area (Å²) in [6, 6.07) is 5.02. The van der Waals surface area contributed by atoms with Crippen LogP contribution < -0.4 is 20.1 Å². The molecule has 0 heterocycles. The average molecular weight is 359 g/mol. The Morgan fingerprint density at radius 3 is 2.56 bits per heavy atom. The van der Waals surface area contributed by atoms with E-state index in [2.05, 4.69) is 20.4 Å². The second kappa shape index (κ2) is 10.0. The van der Waals surface area contributed by atoms with E-state index in [1.807, 2.05) is 13.8 Å². The molecule has 0 bridgehead atoms. The molecule has 0 fully saturated rings. The first kappa shape index (κ1) is 21.0. The molecule has 2 N–H and O–H groups in total. The van der Waals surface area contributed by atoms with Crippen molar-refractivity contribution in [2.24, 2.45) is 4.99 Å². The van der Waals surface area contributed by atoms with E-state index >= 15 is 0 Å². The number of aliphatic imine (C=N–C) groups is 1. The summed E-state index contributed by atoms with van der Waals surface area (Å²) in [7, 11) is 3.26. The minimum absolute atomic E-state index is 0.0273. The zero-order valence-corrected chi connectivity index (χ0v) is 15.4. The van der Waals surface area contributed by atoms with E-state index in [4.69, 9.17) is 9.47 Å². The fourth-order valence-electron chi connectivity index (χ4n) is 1.96. The highest BCUT2D eigenvalue weighted by Crippen LogP contribution is 2.32. The Morgan fingerprint density at radius 1 is 1.28 bits per heavy atom. The lowest BCUT2D eigenvalue weighted by atomic mass is 10.1. The Balaban J connectivity index is 2.82. The highest BCUT2D eigenvalue weighted by molar-refractivity contribution is 5.79. The van der Waals surface area contributed by atoms with Gasteiger partial charge in [0.25, 0.3) is 0 Å². The number of methoxy groups -OCH3 is 1. The van der Waals surface area contributed by atoms with Crippen LogP contribution in [0.5, 0.6) is 11.5 Å². The third kappa shape index (κ3) is 7.13. The van der Waals surface area contributed by atoms with Crippen molar-refractivity contribution in [3.63, 3.8) is 0 Å². The number of ether oxygens (including phenoxy) is 3. The van der Waals surface area contributed by atoms with Gasteiger partial charge in [0, 0.05) is 32.8 Å². The maximum absolute atomic E-state index is 12.7. The molecule has 1 rings (SSSR count). The molecule has 0 saturated carbocycles. The molecule has 142 valence electrons. The SMILES string of the molecule is CCOc1cccc(CNC(=NC)NCC(C)(C)OC)c1OC(F)F. The molecule has 0 aromatic heterocycles. The summed E-state index contributed by atoms with van der Waals surface area (Å²) in [6.07, 6.45) is 0. The van der Waals surface area contributed by atoms with E-state index in [-0.39, 0.29) is 23.6 Å². The van der Waals surface area contributed by atoms with Gasteiger partial charge in [0.1, 0.15) is 0 Å². The Hall–Kier alpha value is -2.09. The summed E-state index contributed by atoms with van der Waals surface area (Å²) >= 11 is 0. The number of alkyl halides is 2. The molecule has 0 aliphatic carbocycles. The van der Waals surface area contributed by atoms with Crippen LogP contribution in [-0.2, 0) is 11.3 Å². The van der Waals surface area contributed by atoms with Crippen LogP contribution in [0.15, 0.2) is 23.2 Å². The number of guanidine groups is 1. The highest BCUT2D eigenvalue weighted by Gasteiger charge is 2.18. The van der Waals surface area contributed by atoms with E-state index in [0.717, 1.165) is 0 Å². The van der Waals surface area contributed by atoms with Gasteiger partial charge in [-0.3, -0.25) is 4.99 Å². The molecule has 0 amide bonds. The molecule has 1 aromatic rings. The van der Waals surface area contributed by atoms with Crippen molar-refractivity contribution in [1.82, 2.24) is 10.6 Å². The molecular formula is C17H27F2N3O3. The van der Waals surface area contributed by atoms with Gasteiger partial charge in [-0.05, 0) is 26.8 Å². The number of nitrogens with zero attached hydrogens (tertiary/aromatic N) is 1. The molecule has 8 heteroatoms. The molecule has 0 unspecified atom stereocenters. The fraction of sp³-hybridized carbons (Fsp3) is 0.588. The number of benzene rings is 1. The van der Waals surface area contributed by atoms with Crippen molar-refractivity contribution >= 4 is 5.96 Å². The van der Waals surface area contributed by atoms with E-state index < -0.39 is 6.61 Å². The lowest BCUT2D eigenvalue weighted by Crippen LogP contribution is -2.45. The zero-order valence-electron chi connectivity index (χ0n) is 15.4. The number of nitrogens with one attached hydrogen (secondary N) is 2. The lowest BCUT2D eigenvalue weighted by Gasteiger charge is -2.24. The van der Waals surface area contributed by atoms with Gasteiger partial charge in [-0.25, -0.2) is 0 Å². The van der Waals surface area contributed by atoms with Gasteiger partial charge in [0.05, 0.1) is 12.2 Å². The minimum Gasteiger partial charge on any atom is -0.490 e. The summed E-state index contributed by atoms with van der Waals surface area (Å²) in [5, 5.41) is 6.19. The van der Waals surface area contributed by atoms with Gasteiger partial charge in [0.2, 0.25) is 0 Å². The third-order valence-corrected chi connectivity index (χ3v) is 3.47. The molecule has 25 heavy (non-hydrogen) atoms. The minimum atomic E-state index is -2.93. The van der Waals surface area contributed by atoms with Gasteiger partial charge in [0.15, 0.2) is 17.5 Å². The van der Waals surface area contributed by atoms with E-state index in [1.165, 1.54) is 0 Å². The second-order valence-electron chi connectivity index (χ2n) is 5.80. The number of para-hydroxylation sites is 1. The summed E-state index contributed by atoms with van der Waals surface area (Å²) in [4.78, 5) is 4.11. The van der Waals surface area contributed by atoms with Crippen molar-refractivity contribution in [1.29, 1.82) is 0 Å². The standard InChI is InChI=1S/C17H27F2N3O3/c1-6-24-13-9-7-8-12(14(13)25-15(18)19)10-21-16(20-4)22-11-17(2,3)23-5/h7-9,15H,6,10-11H2,1-5H3,(H2,20,21,22). The maximum atomic E-state index is 12.7. The molecule has 0 aliphatic heterocycles. The molecule has 0 atom stereocenters. The van der Waals surface area contributed by atoms with Gasteiger partial charge >= 0.3 is 6.61 Å². The second-order valence-corrected chi connectivity index (χ2v) is 5.80. The summed E-state index contributed by atoms with van der Waals surface area (Å²) in [6.45, 7) is 3.85. The van der Waals surface area contributed by atoms with Crippen LogP contribution >= 0.6 is 0 Å². The van der Waals surface area contributed by atoms with Gasteiger partial charge in [-0.2, -0.15) is 8.78 Å². The Bertz CT molecular complexity index is 566. The molecule has 0 spiro atoms. The van der Waals surface area contributed by atoms with E-state index in [9.17, 15) is 8.78 Å². The first-order valence-electron chi connectivity index (χ1n) is 8.02. The van der Waals surface area contributed by atoms with Crippen LogP contribution in [0.2, 0.25) is 0 Å². The molecular weight excluding hydrogens is 332 g/mol. The van der Waals surface area contributed by atoms with Crippen molar-refractivity contribution in [2.45, 2.75) is 39.5 Å². The maximum Gasteiger partial charge on any atom is 0.387 e. The average Bonchev–Trinajstić information content (AvgIpc) is 2.57. The number of halogens is 2. The molecule has 0 saturated heterocycles. The Kier molecular flexibility index (Phi) is 8.40. The first-order valence-corrected chi connectivity index (χ1v) is 8.02. The molecule has 0 radical (unpaired) electrons. The predicted octanol–water partition coefficient (Wildman–Crippen LogP) is 2.78. The molecule has 6 nitrogen and oxygen atoms in total. The lowest BCUT2D eigenvalue weighted by molar-refractivity contribution is -0.0520. The van der Waals surface area contributed by atoms with E-state index in [1.54, 1.807) is 39.3 Å². The van der Waals surface area contributed by atoms with E-state index in [0.29, 0.717) is 24.7 Å². The Labute approximate surface area is 147 Å². The van der Waals surface area contributed by atoms with Crippen LogP contribution in [0.25, 0.3) is 0 Å². The van der Waals surface area contributed by atoms with Crippen molar-refractivity contribution in [3.05, 3.63) is 23.8 Å². The summed E-state index contributed by atoms with van der Waals surface area (Å²) in [5.74, 6) is 0.833. The van der Waals surface area contributed by atoms with Crippen molar-refractivity contribution in [2.75, 3.05) is 27.3 Å². The quantitative estimate of drug-likeness (QED) is 0.524. The fourth-order valence-corrected chi connectivity index (χ4v) is 1.96.